The van der Waals surface area contributed by atoms with Gasteiger partial charge in [0.05, 0.1) is 21.3 Å². The lowest BCUT2D eigenvalue weighted by Crippen LogP contribution is -2.34. The van der Waals surface area contributed by atoms with E-state index in [4.69, 9.17) is 11.6 Å². The molecule has 0 radical (unpaired) electrons. The second kappa shape index (κ2) is 11.9. The number of benzene rings is 3. The lowest BCUT2D eigenvalue weighted by Gasteiger charge is -2.18. The predicted octanol–water partition coefficient (Wildman–Crippen LogP) is 4.56. The Morgan fingerprint density at radius 2 is 1.70 bits per heavy atom. The number of carbonyl (C=O) groups excluding carboxylic acids is 2. The van der Waals surface area contributed by atoms with Crippen LogP contribution in [-0.2, 0) is 25.8 Å². The Balaban J connectivity index is 1.77. The zero-order valence-electron chi connectivity index (χ0n) is 20.1. The van der Waals surface area contributed by atoms with Crippen molar-refractivity contribution in [2.24, 2.45) is 5.16 Å². The van der Waals surface area contributed by atoms with Crippen LogP contribution in [0, 0.1) is 6.92 Å². The number of oxime groups is 1. The maximum absolute atomic E-state index is 13.1. The van der Waals surface area contributed by atoms with Crippen molar-refractivity contribution in [3.63, 3.8) is 0 Å². The molecule has 0 aliphatic heterocycles. The van der Waals surface area contributed by atoms with Gasteiger partial charge >= 0.3 is 0 Å². The molecule has 194 valence electrons. The van der Waals surface area contributed by atoms with Gasteiger partial charge in [0.1, 0.15) is 16.7 Å². The second-order valence-electron chi connectivity index (χ2n) is 8.26. The van der Waals surface area contributed by atoms with E-state index in [2.05, 4.69) is 15.8 Å². The molecule has 0 aliphatic rings. The van der Waals surface area contributed by atoms with Gasteiger partial charge in [-0.25, -0.2) is 8.42 Å². The zero-order valence-corrected chi connectivity index (χ0v) is 21.7. The number of hydrogen-bond donors (Lipinski definition) is 4. The van der Waals surface area contributed by atoms with E-state index in [1.165, 1.54) is 18.2 Å². The van der Waals surface area contributed by atoms with Gasteiger partial charge in [0.25, 0.3) is 5.91 Å². The largest absolute Gasteiger partial charge is 0.506 e. The van der Waals surface area contributed by atoms with Gasteiger partial charge in [-0.1, -0.05) is 66.1 Å². The summed E-state index contributed by atoms with van der Waals surface area (Å²) in [5, 5.41) is 26.2. The van der Waals surface area contributed by atoms with Crippen molar-refractivity contribution in [1.29, 1.82) is 0 Å². The third-order valence-electron chi connectivity index (χ3n) is 5.54. The minimum atomic E-state index is -3.99. The number of phenols is 1. The van der Waals surface area contributed by atoms with E-state index >= 15 is 0 Å². The molecule has 0 saturated carbocycles. The number of aryl methyl sites for hydroxylation is 1. The smallest absolute Gasteiger partial charge is 0.273 e. The molecule has 0 aromatic heterocycles. The van der Waals surface area contributed by atoms with Gasteiger partial charge in [-0.3, -0.25) is 9.59 Å². The summed E-state index contributed by atoms with van der Waals surface area (Å²) in [6.45, 7) is 3.32. The number of nitrogens with zero attached hydrogens (tertiary/aromatic N) is 1. The number of amides is 2. The summed E-state index contributed by atoms with van der Waals surface area (Å²) in [6, 6.07) is 17.4. The molecule has 0 bridgehead atoms. The van der Waals surface area contributed by atoms with Crippen LogP contribution in [0.2, 0.25) is 5.02 Å². The molecule has 1 atom stereocenters. The van der Waals surface area contributed by atoms with E-state index in [9.17, 15) is 28.3 Å². The maximum Gasteiger partial charge on any atom is 0.273 e. The van der Waals surface area contributed by atoms with Gasteiger partial charge in [0.15, 0.2) is 9.84 Å². The number of sulfone groups is 1. The number of nitrogens with one attached hydrogen (secondary N) is 2. The Kier molecular flexibility index (Phi) is 8.90. The molecule has 3 aromatic rings. The first-order valence-corrected chi connectivity index (χ1v) is 13.2. The fourth-order valence-electron chi connectivity index (χ4n) is 3.62. The highest BCUT2D eigenvalue weighted by Gasteiger charge is 2.33. The fourth-order valence-corrected chi connectivity index (χ4v) is 5.56. The van der Waals surface area contributed by atoms with Crippen molar-refractivity contribution in [3.8, 4) is 5.75 Å². The summed E-state index contributed by atoms with van der Waals surface area (Å²) in [7, 11) is -3.99. The molecule has 3 rings (SSSR count). The standard InChI is InChI=1S/C26H26ClN3O6S/c1-3-24(37(35,36)18-11-7-8-16(2)12-18)26(33)28-20-15-23(31)21(14-19(20)27)29-25(32)22(30-34)13-17-9-5-4-6-10-17/h4-12,14-15,24,31,34H,3,13H2,1-2H3,(H,28,33)(H,29,32). The highest BCUT2D eigenvalue weighted by atomic mass is 35.5. The molecule has 0 spiro atoms. The Hall–Kier alpha value is -3.89. The number of phenolic OH excluding ortho intramolecular Hbond substituents is 1. The first-order valence-electron chi connectivity index (χ1n) is 11.3. The third-order valence-corrected chi connectivity index (χ3v) is 8.06. The van der Waals surface area contributed by atoms with Crippen LogP contribution in [-0.4, -0.2) is 41.5 Å². The summed E-state index contributed by atoms with van der Waals surface area (Å²) in [6.07, 6.45) is 0.0458. The Bertz CT molecular complexity index is 1440. The second-order valence-corrected chi connectivity index (χ2v) is 10.8. The lowest BCUT2D eigenvalue weighted by atomic mass is 10.1. The summed E-state index contributed by atoms with van der Waals surface area (Å²) >= 11 is 6.27. The summed E-state index contributed by atoms with van der Waals surface area (Å²) in [4.78, 5) is 25.5. The highest BCUT2D eigenvalue weighted by Crippen LogP contribution is 2.34. The number of halogens is 1. The van der Waals surface area contributed by atoms with Crippen LogP contribution >= 0.6 is 11.6 Å². The van der Waals surface area contributed by atoms with E-state index in [-0.39, 0.29) is 39.8 Å². The van der Waals surface area contributed by atoms with Crippen LogP contribution < -0.4 is 10.6 Å². The van der Waals surface area contributed by atoms with Gasteiger partial charge in [0.2, 0.25) is 5.91 Å². The highest BCUT2D eigenvalue weighted by molar-refractivity contribution is 7.92. The summed E-state index contributed by atoms with van der Waals surface area (Å²) in [5.74, 6) is -2.04. The predicted molar refractivity (Wildman–Crippen MR) is 142 cm³/mol. The van der Waals surface area contributed by atoms with Gasteiger partial charge in [-0.15, -0.1) is 0 Å². The lowest BCUT2D eigenvalue weighted by molar-refractivity contribution is -0.116. The molecular weight excluding hydrogens is 518 g/mol. The monoisotopic (exact) mass is 543 g/mol. The molecule has 4 N–H and O–H groups in total. The van der Waals surface area contributed by atoms with Crippen molar-refractivity contribution in [1.82, 2.24) is 0 Å². The van der Waals surface area contributed by atoms with Crippen LogP contribution in [0.4, 0.5) is 11.4 Å². The summed E-state index contributed by atoms with van der Waals surface area (Å²) < 4.78 is 26.2. The van der Waals surface area contributed by atoms with E-state index in [1.807, 2.05) is 0 Å². The number of carbonyl (C=O) groups is 2. The van der Waals surface area contributed by atoms with Crippen LogP contribution in [0.1, 0.15) is 24.5 Å². The average molecular weight is 544 g/mol. The zero-order chi connectivity index (χ0) is 27.2. The van der Waals surface area contributed by atoms with Gasteiger partial charge in [-0.05, 0) is 42.7 Å². The molecule has 0 saturated heterocycles. The molecular formula is C26H26ClN3O6S. The van der Waals surface area contributed by atoms with Crippen LogP contribution in [0.15, 0.2) is 76.8 Å². The third kappa shape index (κ3) is 6.66. The molecule has 9 nitrogen and oxygen atoms in total. The van der Waals surface area contributed by atoms with Gasteiger partial charge in [0, 0.05) is 12.5 Å². The quantitative estimate of drug-likeness (QED) is 0.135. The normalized spacial score (nSPS) is 12.6. The van der Waals surface area contributed by atoms with Crippen LogP contribution in [0.5, 0.6) is 5.75 Å². The molecule has 0 aliphatic carbocycles. The van der Waals surface area contributed by atoms with Crippen LogP contribution in [0.25, 0.3) is 0 Å². The minimum Gasteiger partial charge on any atom is -0.506 e. The maximum atomic E-state index is 13.1. The van der Waals surface area contributed by atoms with Crippen LogP contribution in [0.3, 0.4) is 0 Å². The molecule has 3 aromatic carbocycles. The Labute approximate surface area is 219 Å². The topological polar surface area (TPSA) is 145 Å². The van der Waals surface area contributed by atoms with E-state index in [0.717, 1.165) is 17.2 Å². The number of aromatic hydroxyl groups is 1. The van der Waals surface area contributed by atoms with Crippen molar-refractivity contribution in [2.45, 2.75) is 36.8 Å². The van der Waals surface area contributed by atoms with Crippen molar-refractivity contribution in [3.05, 3.63) is 82.9 Å². The van der Waals surface area contributed by atoms with E-state index in [1.54, 1.807) is 56.3 Å². The molecule has 0 heterocycles. The Morgan fingerprint density at radius 1 is 1.00 bits per heavy atom. The summed E-state index contributed by atoms with van der Waals surface area (Å²) in [5.41, 5.74) is 1.13. The molecule has 37 heavy (non-hydrogen) atoms. The Morgan fingerprint density at radius 3 is 2.32 bits per heavy atom. The SMILES string of the molecule is CCC(C(=O)Nc1cc(O)c(NC(=O)C(Cc2ccccc2)=NO)cc1Cl)S(=O)(=O)c1cccc(C)c1. The van der Waals surface area contributed by atoms with Gasteiger partial charge in [-0.2, -0.15) is 0 Å². The fraction of sp³-hybridized carbons (Fsp3) is 0.192. The molecule has 11 heteroatoms. The first kappa shape index (κ1) is 27.7. The first-order chi connectivity index (χ1) is 17.6. The minimum absolute atomic E-state index is 0.00450. The average Bonchev–Trinajstić information content (AvgIpc) is 2.86. The number of anilines is 2. The molecule has 1 unspecified atom stereocenters. The molecule has 2 amide bonds. The van der Waals surface area contributed by atoms with Gasteiger partial charge < -0.3 is 20.9 Å². The van der Waals surface area contributed by atoms with E-state index < -0.39 is 32.7 Å². The van der Waals surface area contributed by atoms with Crippen molar-refractivity contribution in [2.75, 3.05) is 10.6 Å². The van der Waals surface area contributed by atoms with Crippen molar-refractivity contribution >= 4 is 50.3 Å². The van der Waals surface area contributed by atoms with E-state index in [0.29, 0.717) is 0 Å². The molecule has 0 fully saturated rings. The number of rotatable bonds is 9. The number of hydrogen-bond acceptors (Lipinski definition) is 7. The van der Waals surface area contributed by atoms with Crippen molar-refractivity contribution < 1.29 is 28.3 Å².